The Hall–Kier alpha value is -1.01. The van der Waals surface area contributed by atoms with Crippen molar-refractivity contribution in [3.8, 4) is 0 Å². The van der Waals surface area contributed by atoms with E-state index in [1.807, 2.05) is 0 Å². The van der Waals surface area contributed by atoms with E-state index in [1.165, 1.54) is 18.8 Å². The molecule has 4 nitrogen and oxygen atoms in total. The van der Waals surface area contributed by atoms with Crippen molar-refractivity contribution in [2.75, 3.05) is 13.1 Å². The molecular weight excluding hydrogens is 274 g/mol. The molecule has 6 heteroatoms. The lowest BCUT2D eigenvalue weighted by atomic mass is 10.0. The second-order valence-corrected chi connectivity index (χ2v) is 6.78. The van der Waals surface area contributed by atoms with Crippen LogP contribution in [0.3, 0.4) is 0 Å². The van der Waals surface area contributed by atoms with Gasteiger partial charge >= 0.3 is 6.55 Å². The van der Waals surface area contributed by atoms with E-state index < -0.39 is 6.55 Å². The maximum atomic E-state index is 12.9. The molecule has 0 spiro atoms. The van der Waals surface area contributed by atoms with Crippen LogP contribution >= 0.6 is 0 Å². The fourth-order valence-electron chi connectivity index (χ4n) is 2.75. The van der Waals surface area contributed by atoms with Crippen molar-refractivity contribution < 1.29 is 8.78 Å². The molecule has 0 amide bonds. The maximum absolute atomic E-state index is 12.9. The van der Waals surface area contributed by atoms with E-state index in [1.54, 1.807) is 0 Å². The van der Waals surface area contributed by atoms with Crippen LogP contribution in [0.1, 0.15) is 52.4 Å². The summed E-state index contributed by atoms with van der Waals surface area (Å²) < 4.78 is 26.8. The van der Waals surface area contributed by atoms with Crippen molar-refractivity contribution in [1.29, 1.82) is 0 Å². The van der Waals surface area contributed by atoms with Gasteiger partial charge in [0.1, 0.15) is 5.82 Å². The number of imidazole rings is 1. The molecule has 0 bridgehead atoms. The van der Waals surface area contributed by atoms with Crippen molar-refractivity contribution in [2.24, 2.45) is 0 Å². The molecule has 2 heterocycles. The van der Waals surface area contributed by atoms with Crippen LogP contribution in [0.2, 0.25) is 0 Å². The third kappa shape index (κ3) is 4.74. The summed E-state index contributed by atoms with van der Waals surface area (Å²) in [5, 5.41) is 3.52. The van der Waals surface area contributed by atoms with Crippen molar-refractivity contribution in [3.05, 3.63) is 18.2 Å². The highest BCUT2D eigenvalue weighted by Gasteiger charge is 2.25. The molecule has 1 aromatic heterocycles. The number of alkyl halides is 2. The third-order valence-corrected chi connectivity index (χ3v) is 3.92. The summed E-state index contributed by atoms with van der Waals surface area (Å²) in [6.07, 6.45) is 6.25. The largest absolute Gasteiger partial charge is 0.319 e. The van der Waals surface area contributed by atoms with Crippen LogP contribution in [-0.4, -0.2) is 39.1 Å². The van der Waals surface area contributed by atoms with Crippen molar-refractivity contribution in [2.45, 2.75) is 64.7 Å². The molecule has 1 saturated heterocycles. The summed E-state index contributed by atoms with van der Waals surface area (Å²) in [5.74, 6) is 0.452. The Labute approximate surface area is 125 Å². The van der Waals surface area contributed by atoms with Gasteiger partial charge < -0.3 is 5.32 Å². The van der Waals surface area contributed by atoms with Crippen molar-refractivity contribution in [3.63, 3.8) is 0 Å². The standard InChI is InChI=1S/C15H26F2N4/c1-15(2,3)19-10-12-6-4-5-8-20(12)11-13-18-7-9-21(13)14(16)17/h7,9,12,14,19H,4-6,8,10-11H2,1-3H3. The van der Waals surface area contributed by atoms with Gasteiger partial charge in [-0.25, -0.2) is 4.98 Å². The number of nitrogens with one attached hydrogen (secondary N) is 1. The number of hydrogen-bond acceptors (Lipinski definition) is 3. The Kier molecular flexibility index (Phi) is 5.32. The predicted octanol–water partition coefficient (Wildman–Crippen LogP) is 3.02. The normalized spacial score (nSPS) is 21.1. The lowest BCUT2D eigenvalue weighted by Crippen LogP contribution is -2.49. The first-order valence-corrected chi connectivity index (χ1v) is 7.66. The number of aromatic nitrogens is 2. The number of piperidine rings is 1. The van der Waals surface area contributed by atoms with Crippen LogP contribution in [0, 0.1) is 0 Å². The minimum absolute atomic E-state index is 0.0740. The fraction of sp³-hybridized carbons (Fsp3) is 0.800. The fourth-order valence-corrected chi connectivity index (χ4v) is 2.75. The topological polar surface area (TPSA) is 33.1 Å². The predicted molar refractivity (Wildman–Crippen MR) is 79.3 cm³/mol. The molecule has 0 radical (unpaired) electrons. The van der Waals surface area contributed by atoms with Crippen molar-refractivity contribution >= 4 is 0 Å². The molecule has 2 rings (SSSR count). The highest BCUT2D eigenvalue weighted by atomic mass is 19.3. The van der Waals surface area contributed by atoms with Crippen LogP contribution in [0.25, 0.3) is 0 Å². The summed E-state index contributed by atoms with van der Waals surface area (Å²) >= 11 is 0. The highest BCUT2D eigenvalue weighted by molar-refractivity contribution is 4.95. The molecule has 1 aromatic rings. The summed E-state index contributed by atoms with van der Waals surface area (Å²) in [6, 6.07) is 0.390. The van der Waals surface area contributed by atoms with Crippen LogP contribution in [0.15, 0.2) is 12.4 Å². The second-order valence-electron chi connectivity index (χ2n) is 6.78. The Morgan fingerprint density at radius 1 is 1.38 bits per heavy atom. The van der Waals surface area contributed by atoms with Crippen LogP contribution in [0.5, 0.6) is 0 Å². The van der Waals surface area contributed by atoms with Crippen molar-refractivity contribution in [1.82, 2.24) is 19.8 Å². The van der Waals surface area contributed by atoms with Crippen LogP contribution in [-0.2, 0) is 6.54 Å². The molecule has 1 unspecified atom stereocenters. The van der Waals surface area contributed by atoms with Gasteiger partial charge in [-0.1, -0.05) is 6.42 Å². The molecule has 0 aliphatic carbocycles. The minimum atomic E-state index is -2.52. The summed E-state index contributed by atoms with van der Waals surface area (Å²) in [4.78, 5) is 6.38. The van der Waals surface area contributed by atoms with Gasteiger partial charge in [0.2, 0.25) is 0 Å². The Balaban J connectivity index is 2.00. The first kappa shape index (κ1) is 16.4. The van der Waals surface area contributed by atoms with Gasteiger partial charge in [0, 0.05) is 30.5 Å². The van der Waals surface area contributed by atoms with E-state index in [9.17, 15) is 8.78 Å². The zero-order valence-corrected chi connectivity index (χ0v) is 13.1. The van der Waals surface area contributed by atoms with Gasteiger partial charge in [-0.15, -0.1) is 0 Å². The van der Waals surface area contributed by atoms with Gasteiger partial charge in [0.15, 0.2) is 0 Å². The summed E-state index contributed by atoms with van der Waals surface area (Å²) in [5.41, 5.74) is 0.0740. The summed E-state index contributed by atoms with van der Waals surface area (Å²) in [6.45, 7) is 6.24. The zero-order valence-electron chi connectivity index (χ0n) is 13.1. The SMILES string of the molecule is CC(C)(C)NCC1CCCCN1Cc1nccn1C(F)F. The third-order valence-electron chi connectivity index (χ3n) is 3.92. The lowest BCUT2D eigenvalue weighted by molar-refractivity contribution is 0.0591. The Bertz CT molecular complexity index is 439. The van der Waals surface area contributed by atoms with E-state index in [-0.39, 0.29) is 5.54 Å². The molecule has 1 aliphatic heterocycles. The highest BCUT2D eigenvalue weighted by Crippen LogP contribution is 2.21. The first-order chi connectivity index (χ1) is 9.87. The Morgan fingerprint density at radius 2 is 2.14 bits per heavy atom. The molecule has 1 aliphatic rings. The van der Waals surface area contributed by atoms with E-state index in [2.05, 4.69) is 36.0 Å². The average Bonchev–Trinajstić information content (AvgIpc) is 2.85. The van der Waals surface area contributed by atoms with Crippen LogP contribution < -0.4 is 5.32 Å². The quantitative estimate of drug-likeness (QED) is 0.907. The number of halogens is 2. The van der Waals surface area contributed by atoms with Gasteiger partial charge in [-0.2, -0.15) is 8.78 Å². The van der Waals surface area contributed by atoms with E-state index in [0.717, 1.165) is 30.5 Å². The van der Waals surface area contributed by atoms with Gasteiger partial charge in [0.05, 0.1) is 6.54 Å². The monoisotopic (exact) mass is 300 g/mol. The number of likely N-dealkylation sites (tertiary alicyclic amines) is 1. The molecule has 1 N–H and O–H groups in total. The molecule has 120 valence electrons. The minimum Gasteiger partial charge on any atom is -0.311 e. The second kappa shape index (κ2) is 6.83. The molecule has 1 fully saturated rings. The maximum Gasteiger partial charge on any atom is 0.319 e. The average molecular weight is 300 g/mol. The number of rotatable bonds is 5. The number of nitrogens with zero attached hydrogens (tertiary/aromatic N) is 3. The molecule has 0 aromatic carbocycles. The molecular formula is C15H26F2N4. The lowest BCUT2D eigenvalue weighted by Gasteiger charge is -2.37. The van der Waals surface area contributed by atoms with Gasteiger partial charge in [0.25, 0.3) is 0 Å². The Morgan fingerprint density at radius 3 is 2.81 bits per heavy atom. The van der Waals surface area contributed by atoms with E-state index in [4.69, 9.17) is 0 Å². The number of hydrogen-bond donors (Lipinski definition) is 1. The zero-order chi connectivity index (χ0) is 15.5. The van der Waals surface area contributed by atoms with Crippen LogP contribution in [0.4, 0.5) is 8.78 Å². The van der Waals surface area contributed by atoms with Gasteiger partial charge in [-0.3, -0.25) is 9.47 Å². The van der Waals surface area contributed by atoms with E-state index in [0.29, 0.717) is 18.4 Å². The van der Waals surface area contributed by atoms with E-state index >= 15 is 0 Å². The summed E-state index contributed by atoms with van der Waals surface area (Å²) in [7, 11) is 0. The molecule has 1 atom stereocenters. The van der Waals surface area contributed by atoms with Gasteiger partial charge in [-0.05, 0) is 40.2 Å². The smallest absolute Gasteiger partial charge is 0.311 e. The first-order valence-electron chi connectivity index (χ1n) is 7.66. The molecule has 0 saturated carbocycles. The molecule has 21 heavy (non-hydrogen) atoms.